The van der Waals surface area contributed by atoms with E-state index in [1.807, 2.05) is 42.5 Å². The minimum Gasteiger partial charge on any atom is -0.449 e. The number of para-hydroxylation sites is 1. The number of esters is 1. The molecule has 8 nitrogen and oxygen atoms in total. The Kier molecular flexibility index (Phi) is 7.41. The third-order valence-corrected chi connectivity index (χ3v) is 4.66. The molecule has 3 rings (SSSR count). The summed E-state index contributed by atoms with van der Waals surface area (Å²) in [6.45, 7) is 1.37. The first-order valence-electron chi connectivity index (χ1n) is 9.69. The fourth-order valence-electron chi connectivity index (χ4n) is 2.76. The van der Waals surface area contributed by atoms with E-state index in [0.29, 0.717) is 16.3 Å². The Morgan fingerprint density at radius 1 is 1.09 bits per heavy atom. The standard InChI is InChI=1S/C23H21ClN4O4/c1-15(22(30)26-23(31)25-2)32-20(29)13-10-17-14-28(19-6-4-3-5-7-19)27-21(17)16-8-11-18(24)12-9-16/h3-15H,1-2H3,(H2,25,26,30,31)/b13-10+. The molecule has 0 saturated heterocycles. The summed E-state index contributed by atoms with van der Waals surface area (Å²) in [5, 5.41) is 9.55. The van der Waals surface area contributed by atoms with Gasteiger partial charge in [0.1, 0.15) is 0 Å². The van der Waals surface area contributed by atoms with Crippen LogP contribution in [-0.4, -0.2) is 40.8 Å². The van der Waals surface area contributed by atoms with Crippen LogP contribution in [0.1, 0.15) is 12.5 Å². The van der Waals surface area contributed by atoms with Gasteiger partial charge in [-0.2, -0.15) is 5.10 Å². The molecule has 1 unspecified atom stereocenters. The zero-order valence-electron chi connectivity index (χ0n) is 17.4. The summed E-state index contributed by atoms with van der Waals surface area (Å²) < 4.78 is 6.77. The molecule has 2 aromatic carbocycles. The summed E-state index contributed by atoms with van der Waals surface area (Å²) in [4.78, 5) is 35.3. The lowest BCUT2D eigenvalue weighted by Crippen LogP contribution is -2.43. The molecular formula is C23H21ClN4O4. The Labute approximate surface area is 189 Å². The highest BCUT2D eigenvalue weighted by Gasteiger charge is 2.18. The number of nitrogens with zero attached hydrogens (tertiary/aromatic N) is 2. The van der Waals surface area contributed by atoms with Crippen molar-refractivity contribution in [1.82, 2.24) is 20.4 Å². The van der Waals surface area contributed by atoms with Crippen LogP contribution in [-0.2, 0) is 14.3 Å². The van der Waals surface area contributed by atoms with Crippen molar-refractivity contribution < 1.29 is 19.1 Å². The van der Waals surface area contributed by atoms with Gasteiger partial charge >= 0.3 is 12.0 Å². The second kappa shape index (κ2) is 10.4. The van der Waals surface area contributed by atoms with Crippen molar-refractivity contribution in [3.63, 3.8) is 0 Å². The highest BCUT2D eigenvalue weighted by Crippen LogP contribution is 2.26. The van der Waals surface area contributed by atoms with Crippen molar-refractivity contribution >= 4 is 35.6 Å². The average molecular weight is 453 g/mol. The van der Waals surface area contributed by atoms with Crippen LogP contribution in [0.4, 0.5) is 4.79 Å². The maximum atomic E-state index is 12.2. The first-order valence-corrected chi connectivity index (χ1v) is 10.1. The lowest BCUT2D eigenvalue weighted by Gasteiger charge is -2.11. The van der Waals surface area contributed by atoms with Crippen molar-refractivity contribution in [1.29, 1.82) is 0 Å². The molecule has 164 valence electrons. The number of ether oxygens (including phenoxy) is 1. The lowest BCUT2D eigenvalue weighted by molar-refractivity contribution is -0.149. The molecule has 3 aromatic rings. The van der Waals surface area contributed by atoms with Gasteiger partial charge in [-0.15, -0.1) is 0 Å². The zero-order chi connectivity index (χ0) is 23.1. The Hall–Kier alpha value is -3.91. The number of hydrogen-bond donors (Lipinski definition) is 2. The number of carbonyl (C=O) groups is 3. The van der Waals surface area contributed by atoms with Crippen LogP contribution in [0.15, 0.2) is 66.9 Å². The van der Waals surface area contributed by atoms with Crippen LogP contribution < -0.4 is 10.6 Å². The van der Waals surface area contributed by atoms with Crippen molar-refractivity contribution in [2.45, 2.75) is 13.0 Å². The summed E-state index contributed by atoms with van der Waals surface area (Å²) in [6, 6.07) is 16.0. The normalized spacial score (nSPS) is 11.7. The Morgan fingerprint density at radius 3 is 2.44 bits per heavy atom. The molecular weight excluding hydrogens is 432 g/mol. The highest BCUT2D eigenvalue weighted by molar-refractivity contribution is 6.30. The number of carbonyl (C=O) groups excluding carboxylic acids is 3. The summed E-state index contributed by atoms with van der Waals surface area (Å²) in [7, 11) is 1.37. The smallest absolute Gasteiger partial charge is 0.331 e. The van der Waals surface area contributed by atoms with E-state index in [1.54, 1.807) is 29.1 Å². The van der Waals surface area contributed by atoms with Gasteiger partial charge in [0.05, 0.1) is 11.4 Å². The molecule has 3 amide bonds. The van der Waals surface area contributed by atoms with Gasteiger partial charge in [0.2, 0.25) is 0 Å². The predicted molar refractivity (Wildman–Crippen MR) is 121 cm³/mol. The van der Waals surface area contributed by atoms with Crippen LogP contribution in [0.3, 0.4) is 0 Å². The summed E-state index contributed by atoms with van der Waals surface area (Å²) in [5.74, 6) is -1.47. The van der Waals surface area contributed by atoms with E-state index in [-0.39, 0.29) is 0 Å². The molecule has 0 aliphatic carbocycles. The molecule has 1 heterocycles. The molecule has 0 saturated carbocycles. The molecule has 0 spiro atoms. The zero-order valence-corrected chi connectivity index (χ0v) is 18.2. The van der Waals surface area contributed by atoms with Gasteiger partial charge in [0, 0.05) is 35.5 Å². The molecule has 0 aliphatic heterocycles. The van der Waals surface area contributed by atoms with Gasteiger partial charge in [0.25, 0.3) is 5.91 Å². The Balaban J connectivity index is 1.82. The summed E-state index contributed by atoms with van der Waals surface area (Å²) in [5.41, 5.74) is 2.97. The quantitative estimate of drug-likeness (QED) is 0.439. The van der Waals surface area contributed by atoms with E-state index in [4.69, 9.17) is 16.3 Å². The predicted octanol–water partition coefficient (Wildman–Crippen LogP) is 3.59. The molecule has 1 atom stereocenters. The van der Waals surface area contributed by atoms with Crippen molar-refractivity contribution in [2.24, 2.45) is 0 Å². The number of aromatic nitrogens is 2. The number of halogens is 1. The number of urea groups is 1. The topological polar surface area (TPSA) is 102 Å². The van der Waals surface area contributed by atoms with Gasteiger partial charge in [-0.25, -0.2) is 14.3 Å². The fraction of sp³-hybridized carbons (Fsp3) is 0.130. The minimum absolute atomic E-state index is 0.598. The lowest BCUT2D eigenvalue weighted by atomic mass is 10.1. The second-order valence-electron chi connectivity index (χ2n) is 6.70. The van der Waals surface area contributed by atoms with Crippen LogP contribution >= 0.6 is 11.6 Å². The number of nitrogens with one attached hydrogen (secondary N) is 2. The Morgan fingerprint density at radius 2 is 1.78 bits per heavy atom. The van der Waals surface area contributed by atoms with E-state index in [2.05, 4.69) is 15.7 Å². The number of hydrogen-bond acceptors (Lipinski definition) is 5. The minimum atomic E-state index is -1.15. The van der Waals surface area contributed by atoms with Crippen LogP contribution in [0.25, 0.3) is 23.0 Å². The van der Waals surface area contributed by atoms with Gasteiger partial charge in [-0.1, -0.05) is 41.9 Å². The maximum Gasteiger partial charge on any atom is 0.331 e. The van der Waals surface area contributed by atoms with Crippen molar-refractivity contribution in [2.75, 3.05) is 7.05 Å². The summed E-state index contributed by atoms with van der Waals surface area (Å²) >= 11 is 6.00. The maximum absolute atomic E-state index is 12.2. The van der Waals surface area contributed by atoms with Crippen LogP contribution in [0.2, 0.25) is 5.02 Å². The number of imide groups is 1. The first kappa shape index (κ1) is 22.8. The third kappa shape index (κ3) is 5.83. The summed E-state index contributed by atoms with van der Waals surface area (Å²) in [6.07, 6.45) is 3.40. The van der Waals surface area contributed by atoms with E-state index in [0.717, 1.165) is 11.3 Å². The van der Waals surface area contributed by atoms with Gasteiger partial charge in [-0.05, 0) is 37.3 Å². The highest BCUT2D eigenvalue weighted by atomic mass is 35.5. The van der Waals surface area contributed by atoms with Crippen molar-refractivity contribution in [3.8, 4) is 16.9 Å². The van der Waals surface area contributed by atoms with E-state index < -0.39 is 24.0 Å². The molecule has 0 bridgehead atoms. The number of rotatable bonds is 6. The van der Waals surface area contributed by atoms with Crippen LogP contribution in [0, 0.1) is 0 Å². The molecule has 9 heteroatoms. The number of amides is 3. The third-order valence-electron chi connectivity index (χ3n) is 4.41. The van der Waals surface area contributed by atoms with E-state index >= 15 is 0 Å². The average Bonchev–Trinajstić information content (AvgIpc) is 3.23. The molecule has 0 aliphatic rings. The van der Waals surface area contributed by atoms with E-state index in [1.165, 1.54) is 20.0 Å². The molecule has 1 aromatic heterocycles. The molecule has 32 heavy (non-hydrogen) atoms. The van der Waals surface area contributed by atoms with Crippen LogP contribution in [0.5, 0.6) is 0 Å². The largest absolute Gasteiger partial charge is 0.449 e. The molecule has 0 radical (unpaired) electrons. The van der Waals surface area contributed by atoms with Gasteiger partial charge < -0.3 is 10.1 Å². The van der Waals surface area contributed by atoms with Gasteiger partial charge in [0.15, 0.2) is 6.10 Å². The molecule has 0 fully saturated rings. The van der Waals surface area contributed by atoms with Crippen molar-refractivity contribution in [3.05, 3.63) is 77.5 Å². The Bertz CT molecular complexity index is 1140. The first-order chi connectivity index (χ1) is 15.4. The molecule has 2 N–H and O–H groups in total. The fourth-order valence-corrected chi connectivity index (χ4v) is 2.88. The monoisotopic (exact) mass is 452 g/mol. The number of benzene rings is 2. The van der Waals surface area contributed by atoms with Gasteiger partial charge in [-0.3, -0.25) is 10.1 Å². The SMILES string of the molecule is CNC(=O)NC(=O)C(C)OC(=O)/C=C/c1cn(-c2ccccc2)nc1-c1ccc(Cl)cc1. The second-order valence-corrected chi connectivity index (χ2v) is 7.14. The van der Waals surface area contributed by atoms with E-state index in [9.17, 15) is 14.4 Å².